The molecule has 0 radical (unpaired) electrons. The Hall–Kier alpha value is -2.04. The number of halogens is 2. The fourth-order valence-corrected chi connectivity index (χ4v) is 1.74. The number of pyridine rings is 1. The van der Waals surface area contributed by atoms with Crippen LogP contribution in [0.5, 0.6) is 0 Å². The van der Waals surface area contributed by atoms with E-state index in [2.05, 4.69) is 15.6 Å². The lowest BCUT2D eigenvalue weighted by Gasteiger charge is -2.03. The zero-order chi connectivity index (χ0) is 14.4. The fraction of sp³-hybridized carbons (Fsp3) is 0. The topological polar surface area (TPSA) is 54.0 Å². The Kier molecular flexibility index (Phi) is 4.98. The molecule has 2 aromatic rings. The molecule has 2 N–H and O–H groups in total. The minimum Gasteiger partial charge on any atom is -0.314 e. The predicted octanol–water partition coefficient (Wildman–Crippen LogP) is 4.18. The van der Waals surface area contributed by atoms with Crippen molar-refractivity contribution in [2.24, 2.45) is 0 Å². The number of hydrogen-bond donors (Lipinski definition) is 2. The van der Waals surface area contributed by atoms with Gasteiger partial charge in [0.2, 0.25) is 0 Å². The summed E-state index contributed by atoms with van der Waals surface area (Å²) in [6.07, 6.45) is 4.72. The second-order valence-corrected chi connectivity index (χ2v) is 4.72. The first-order valence-corrected chi connectivity index (χ1v) is 6.50. The molecule has 0 fully saturated rings. The van der Waals surface area contributed by atoms with Crippen molar-refractivity contribution in [2.45, 2.75) is 0 Å². The third kappa shape index (κ3) is 4.57. The second kappa shape index (κ2) is 6.93. The number of nitrogens with one attached hydrogen (secondary N) is 2. The van der Waals surface area contributed by atoms with Crippen LogP contribution < -0.4 is 10.6 Å². The molecule has 0 bridgehead atoms. The third-order valence-corrected chi connectivity index (χ3v) is 2.77. The number of urea groups is 1. The highest BCUT2D eigenvalue weighted by atomic mass is 35.5. The van der Waals surface area contributed by atoms with Crippen molar-refractivity contribution in [3.05, 3.63) is 64.4 Å². The molecular weight excluding hydrogens is 297 g/mol. The molecule has 102 valence electrons. The first-order chi connectivity index (χ1) is 9.63. The SMILES string of the molecule is O=C(N/C=C/c1cccc(Cl)c1)Nc1ccc(Cl)cn1. The molecule has 1 aromatic carbocycles. The summed E-state index contributed by atoms with van der Waals surface area (Å²) in [6, 6.07) is 10.2. The van der Waals surface area contributed by atoms with Gasteiger partial charge in [-0.05, 0) is 35.9 Å². The summed E-state index contributed by atoms with van der Waals surface area (Å²) in [7, 11) is 0. The summed E-state index contributed by atoms with van der Waals surface area (Å²) in [5.74, 6) is 0.419. The highest BCUT2D eigenvalue weighted by molar-refractivity contribution is 6.30. The van der Waals surface area contributed by atoms with Crippen molar-refractivity contribution < 1.29 is 4.79 Å². The monoisotopic (exact) mass is 307 g/mol. The molecule has 20 heavy (non-hydrogen) atoms. The lowest BCUT2D eigenvalue weighted by Crippen LogP contribution is -2.24. The molecule has 1 heterocycles. The molecule has 2 rings (SSSR count). The van der Waals surface area contributed by atoms with Crippen LogP contribution in [0.2, 0.25) is 10.0 Å². The van der Waals surface area contributed by atoms with Crippen LogP contribution in [0.3, 0.4) is 0 Å². The molecule has 0 unspecified atom stereocenters. The summed E-state index contributed by atoms with van der Waals surface area (Å²) in [5, 5.41) is 6.29. The standard InChI is InChI=1S/C14H11Cl2N3O/c15-11-3-1-2-10(8-11)6-7-17-14(20)19-13-5-4-12(16)9-18-13/h1-9H,(H2,17,18,19,20)/b7-6+. The molecule has 1 aromatic heterocycles. The summed E-state index contributed by atoms with van der Waals surface area (Å²) >= 11 is 11.6. The number of carbonyl (C=O) groups is 1. The maximum absolute atomic E-state index is 11.6. The number of hydrogen-bond acceptors (Lipinski definition) is 2. The van der Waals surface area contributed by atoms with Gasteiger partial charge in [0.1, 0.15) is 5.82 Å². The van der Waals surface area contributed by atoms with Gasteiger partial charge < -0.3 is 5.32 Å². The van der Waals surface area contributed by atoms with E-state index in [-0.39, 0.29) is 0 Å². The number of benzene rings is 1. The van der Waals surface area contributed by atoms with Gasteiger partial charge in [-0.3, -0.25) is 5.32 Å². The molecule has 0 atom stereocenters. The van der Waals surface area contributed by atoms with Crippen molar-refractivity contribution in [3.63, 3.8) is 0 Å². The van der Waals surface area contributed by atoms with Crippen LogP contribution in [-0.4, -0.2) is 11.0 Å². The van der Waals surface area contributed by atoms with Crippen LogP contribution in [0.25, 0.3) is 6.08 Å². The number of nitrogens with zero attached hydrogens (tertiary/aromatic N) is 1. The normalized spacial score (nSPS) is 10.5. The number of rotatable bonds is 3. The molecule has 2 amide bonds. The smallest absolute Gasteiger partial charge is 0.314 e. The van der Waals surface area contributed by atoms with Crippen LogP contribution in [0, 0.1) is 0 Å². The van der Waals surface area contributed by atoms with Crippen molar-refractivity contribution >= 4 is 41.1 Å². The maximum Gasteiger partial charge on any atom is 0.324 e. The number of carbonyl (C=O) groups excluding carboxylic acids is 1. The Morgan fingerprint density at radius 1 is 1.15 bits per heavy atom. The van der Waals surface area contributed by atoms with Gasteiger partial charge in [-0.25, -0.2) is 9.78 Å². The number of aromatic nitrogens is 1. The van der Waals surface area contributed by atoms with E-state index in [1.54, 1.807) is 30.3 Å². The van der Waals surface area contributed by atoms with Gasteiger partial charge >= 0.3 is 6.03 Å². The van der Waals surface area contributed by atoms with Gasteiger partial charge in [0.15, 0.2) is 0 Å². The van der Waals surface area contributed by atoms with Crippen LogP contribution in [0.4, 0.5) is 10.6 Å². The van der Waals surface area contributed by atoms with E-state index in [1.165, 1.54) is 12.4 Å². The van der Waals surface area contributed by atoms with Gasteiger partial charge in [0.25, 0.3) is 0 Å². The van der Waals surface area contributed by atoms with Crippen molar-refractivity contribution in [1.29, 1.82) is 0 Å². The maximum atomic E-state index is 11.6. The molecule has 0 aliphatic carbocycles. The minimum absolute atomic E-state index is 0.391. The van der Waals surface area contributed by atoms with E-state index < -0.39 is 6.03 Å². The molecule has 0 aliphatic rings. The van der Waals surface area contributed by atoms with E-state index in [1.807, 2.05) is 12.1 Å². The van der Waals surface area contributed by atoms with Gasteiger partial charge in [0, 0.05) is 17.4 Å². The summed E-state index contributed by atoms with van der Waals surface area (Å²) in [4.78, 5) is 15.5. The largest absolute Gasteiger partial charge is 0.324 e. The number of anilines is 1. The van der Waals surface area contributed by atoms with Crippen LogP contribution in [0.1, 0.15) is 5.56 Å². The Balaban J connectivity index is 1.87. The lowest BCUT2D eigenvalue weighted by molar-refractivity contribution is 0.255. The summed E-state index contributed by atoms with van der Waals surface area (Å²) in [6.45, 7) is 0. The van der Waals surface area contributed by atoms with E-state index in [4.69, 9.17) is 23.2 Å². The highest BCUT2D eigenvalue weighted by Gasteiger charge is 1.99. The Morgan fingerprint density at radius 3 is 2.70 bits per heavy atom. The van der Waals surface area contributed by atoms with Crippen LogP contribution >= 0.6 is 23.2 Å². The average Bonchev–Trinajstić information content (AvgIpc) is 2.41. The van der Waals surface area contributed by atoms with Crippen LogP contribution in [0.15, 0.2) is 48.8 Å². The third-order valence-electron chi connectivity index (χ3n) is 2.31. The average molecular weight is 308 g/mol. The summed E-state index contributed by atoms with van der Waals surface area (Å²) < 4.78 is 0. The minimum atomic E-state index is -0.391. The van der Waals surface area contributed by atoms with E-state index in [9.17, 15) is 4.79 Å². The second-order valence-electron chi connectivity index (χ2n) is 3.85. The fourth-order valence-electron chi connectivity index (χ4n) is 1.43. The quantitative estimate of drug-likeness (QED) is 0.893. The summed E-state index contributed by atoms with van der Waals surface area (Å²) in [5.41, 5.74) is 0.891. The van der Waals surface area contributed by atoms with Crippen molar-refractivity contribution in [2.75, 3.05) is 5.32 Å². The Morgan fingerprint density at radius 2 is 2.00 bits per heavy atom. The Bertz CT molecular complexity index is 627. The van der Waals surface area contributed by atoms with Crippen LogP contribution in [-0.2, 0) is 0 Å². The molecule has 0 aliphatic heterocycles. The first-order valence-electron chi connectivity index (χ1n) is 5.75. The van der Waals surface area contributed by atoms with E-state index >= 15 is 0 Å². The van der Waals surface area contributed by atoms with Crippen molar-refractivity contribution in [3.8, 4) is 0 Å². The highest BCUT2D eigenvalue weighted by Crippen LogP contribution is 2.11. The molecule has 4 nitrogen and oxygen atoms in total. The van der Waals surface area contributed by atoms with Gasteiger partial charge in [-0.1, -0.05) is 35.3 Å². The molecule has 6 heteroatoms. The zero-order valence-electron chi connectivity index (χ0n) is 10.3. The molecule has 0 spiro atoms. The molecule has 0 saturated heterocycles. The molecular formula is C14H11Cl2N3O. The number of amides is 2. The predicted molar refractivity (Wildman–Crippen MR) is 81.9 cm³/mol. The van der Waals surface area contributed by atoms with Crippen molar-refractivity contribution in [1.82, 2.24) is 10.3 Å². The lowest BCUT2D eigenvalue weighted by atomic mass is 10.2. The van der Waals surface area contributed by atoms with Gasteiger partial charge in [-0.2, -0.15) is 0 Å². The molecule has 0 saturated carbocycles. The van der Waals surface area contributed by atoms with Gasteiger partial charge in [-0.15, -0.1) is 0 Å². The first kappa shape index (κ1) is 14.4. The van der Waals surface area contributed by atoms with E-state index in [0.29, 0.717) is 15.9 Å². The zero-order valence-corrected chi connectivity index (χ0v) is 11.8. The van der Waals surface area contributed by atoms with Gasteiger partial charge in [0.05, 0.1) is 5.02 Å². The Labute approximate surface area is 126 Å². The van der Waals surface area contributed by atoms with E-state index in [0.717, 1.165) is 5.56 Å².